The van der Waals surface area contributed by atoms with Gasteiger partial charge in [0.2, 0.25) is 0 Å². The quantitative estimate of drug-likeness (QED) is 0.321. The Morgan fingerprint density at radius 2 is 2.07 bits per heavy atom. The maximum atomic E-state index is 10.5. The van der Waals surface area contributed by atoms with Crippen LogP contribution in [0.5, 0.6) is 5.75 Å². The van der Waals surface area contributed by atoms with Crippen LogP contribution in [0.4, 0.5) is 0 Å². The van der Waals surface area contributed by atoms with Gasteiger partial charge in [-0.3, -0.25) is 4.79 Å². The van der Waals surface area contributed by atoms with Gasteiger partial charge in [0.05, 0.1) is 12.2 Å². The fourth-order valence-corrected chi connectivity index (χ4v) is 3.68. The number of hydrogen-bond acceptors (Lipinski definition) is 5. The van der Waals surface area contributed by atoms with Gasteiger partial charge in [0.25, 0.3) is 0 Å². The summed E-state index contributed by atoms with van der Waals surface area (Å²) in [5, 5.41) is 39.8. The summed E-state index contributed by atoms with van der Waals surface area (Å²) in [5.41, 5.74) is 0. The van der Waals surface area contributed by atoms with Gasteiger partial charge in [0.15, 0.2) is 0 Å². The topological polar surface area (TPSA) is 107 Å². The Labute approximate surface area is 176 Å². The summed E-state index contributed by atoms with van der Waals surface area (Å²) >= 11 is 5.90. The molecule has 7 heteroatoms. The van der Waals surface area contributed by atoms with E-state index in [0.29, 0.717) is 36.5 Å². The number of hydrogen-bond donors (Lipinski definition) is 4. The molecule has 0 radical (unpaired) electrons. The van der Waals surface area contributed by atoms with Gasteiger partial charge in [-0.05, 0) is 43.4 Å². The molecular weight excluding hydrogens is 396 g/mol. The highest BCUT2D eigenvalue weighted by molar-refractivity contribution is 6.30. The van der Waals surface area contributed by atoms with Crippen molar-refractivity contribution >= 4 is 17.6 Å². The van der Waals surface area contributed by atoms with Gasteiger partial charge in [-0.25, -0.2) is 0 Å². The minimum atomic E-state index is -0.855. The molecule has 2 rings (SSSR count). The fourth-order valence-electron chi connectivity index (χ4n) is 3.50. The summed E-state index contributed by atoms with van der Waals surface area (Å²) in [4.78, 5) is 10.5. The SMILES string of the molecule is O=C(O)CCC/C=C\CC1C(O)CC(O)C1/C=C/C(O)COc1cccc(Cl)c1. The third-order valence-electron chi connectivity index (χ3n) is 5.02. The van der Waals surface area contributed by atoms with Crippen molar-refractivity contribution in [3.05, 3.63) is 53.6 Å². The minimum Gasteiger partial charge on any atom is -0.491 e. The van der Waals surface area contributed by atoms with Crippen LogP contribution in [0.2, 0.25) is 5.02 Å². The number of aliphatic hydroxyl groups excluding tert-OH is 3. The molecule has 29 heavy (non-hydrogen) atoms. The van der Waals surface area contributed by atoms with Crippen molar-refractivity contribution in [2.45, 2.75) is 50.4 Å². The number of allylic oxidation sites excluding steroid dienone is 2. The van der Waals surface area contributed by atoms with Crippen LogP contribution in [-0.4, -0.2) is 51.3 Å². The molecule has 1 aromatic rings. The number of halogens is 1. The van der Waals surface area contributed by atoms with Crippen molar-refractivity contribution < 1.29 is 30.0 Å². The van der Waals surface area contributed by atoms with Crippen molar-refractivity contribution in [3.63, 3.8) is 0 Å². The minimum absolute atomic E-state index is 0.0519. The fraction of sp³-hybridized carbons (Fsp3) is 0.500. The van der Waals surface area contributed by atoms with Crippen molar-refractivity contribution in [2.24, 2.45) is 11.8 Å². The Balaban J connectivity index is 1.83. The van der Waals surface area contributed by atoms with E-state index in [1.54, 1.807) is 36.4 Å². The molecule has 0 bridgehead atoms. The summed E-state index contributed by atoms with van der Waals surface area (Å²) in [6.07, 6.45) is 7.26. The van der Waals surface area contributed by atoms with E-state index >= 15 is 0 Å². The summed E-state index contributed by atoms with van der Waals surface area (Å²) in [6.45, 7) is 0.0519. The summed E-state index contributed by atoms with van der Waals surface area (Å²) in [7, 11) is 0. The lowest BCUT2D eigenvalue weighted by molar-refractivity contribution is -0.137. The van der Waals surface area contributed by atoms with Crippen LogP contribution in [0.25, 0.3) is 0 Å². The molecule has 1 saturated carbocycles. The molecule has 1 fully saturated rings. The number of carbonyl (C=O) groups is 1. The first kappa shape index (κ1) is 23.4. The molecule has 5 atom stereocenters. The largest absolute Gasteiger partial charge is 0.491 e. The normalized spacial score (nSPS) is 25.7. The third kappa shape index (κ3) is 8.19. The molecule has 5 unspecified atom stereocenters. The zero-order valence-electron chi connectivity index (χ0n) is 16.2. The van der Waals surface area contributed by atoms with Crippen LogP contribution < -0.4 is 4.74 Å². The Kier molecular flexibility index (Phi) is 9.67. The molecule has 1 aliphatic carbocycles. The number of ether oxygens (including phenoxy) is 1. The molecule has 4 N–H and O–H groups in total. The van der Waals surface area contributed by atoms with Crippen LogP contribution >= 0.6 is 11.6 Å². The third-order valence-corrected chi connectivity index (χ3v) is 5.26. The van der Waals surface area contributed by atoms with E-state index in [-0.39, 0.29) is 24.9 Å². The van der Waals surface area contributed by atoms with Crippen LogP contribution in [0, 0.1) is 11.8 Å². The second-order valence-corrected chi connectivity index (χ2v) is 7.76. The first-order valence-electron chi connectivity index (χ1n) is 9.84. The first-order valence-corrected chi connectivity index (χ1v) is 10.2. The molecular formula is C22H29ClO6. The predicted molar refractivity (Wildman–Crippen MR) is 111 cm³/mol. The van der Waals surface area contributed by atoms with E-state index in [1.807, 2.05) is 12.2 Å². The Morgan fingerprint density at radius 1 is 1.28 bits per heavy atom. The maximum Gasteiger partial charge on any atom is 0.303 e. The number of rotatable bonds is 11. The predicted octanol–water partition coefficient (Wildman–Crippen LogP) is 3.20. The number of carboxylic acid groups (broad SMARTS) is 1. The van der Waals surface area contributed by atoms with Gasteiger partial charge in [-0.2, -0.15) is 0 Å². The standard InChI is InChI=1S/C22H29ClO6/c23-15-6-5-7-17(12-15)29-14-16(24)10-11-19-18(20(25)13-21(19)26)8-3-1-2-4-9-22(27)28/h1,3,5-7,10-12,16,18-21,24-26H,2,4,8-9,13-14H2,(H,27,28)/b3-1-,11-10+. The zero-order chi connectivity index (χ0) is 21.2. The van der Waals surface area contributed by atoms with E-state index in [1.165, 1.54) is 0 Å². The number of aliphatic carboxylic acids is 1. The van der Waals surface area contributed by atoms with Gasteiger partial charge in [-0.1, -0.05) is 42.0 Å². The molecule has 0 heterocycles. The Bertz CT molecular complexity index is 704. The van der Waals surface area contributed by atoms with Crippen molar-refractivity contribution in [1.82, 2.24) is 0 Å². The highest BCUT2D eigenvalue weighted by Crippen LogP contribution is 2.36. The second-order valence-electron chi connectivity index (χ2n) is 7.33. The molecule has 1 aliphatic rings. The van der Waals surface area contributed by atoms with Crippen molar-refractivity contribution in [2.75, 3.05) is 6.61 Å². The summed E-state index contributed by atoms with van der Waals surface area (Å²) in [5.74, 6) is -0.671. The number of carboxylic acids is 1. The highest BCUT2D eigenvalue weighted by Gasteiger charge is 2.39. The Morgan fingerprint density at radius 3 is 2.79 bits per heavy atom. The van der Waals surface area contributed by atoms with Crippen LogP contribution in [-0.2, 0) is 4.79 Å². The first-order chi connectivity index (χ1) is 13.9. The molecule has 1 aromatic carbocycles. The average molecular weight is 425 g/mol. The molecule has 0 saturated heterocycles. The van der Waals surface area contributed by atoms with Gasteiger partial charge in [0, 0.05) is 23.8 Å². The molecule has 0 amide bonds. The molecule has 160 valence electrons. The van der Waals surface area contributed by atoms with E-state index in [2.05, 4.69) is 0 Å². The summed E-state index contributed by atoms with van der Waals surface area (Å²) < 4.78 is 5.51. The van der Waals surface area contributed by atoms with Crippen molar-refractivity contribution in [1.29, 1.82) is 0 Å². The van der Waals surface area contributed by atoms with Gasteiger partial charge in [0.1, 0.15) is 18.5 Å². The molecule has 6 nitrogen and oxygen atoms in total. The lowest BCUT2D eigenvalue weighted by Gasteiger charge is -2.19. The van der Waals surface area contributed by atoms with E-state index in [4.69, 9.17) is 21.4 Å². The van der Waals surface area contributed by atoms with Crippen LogP contribution in [0.3, 0.4) is 0 Å². The lowest BCUT2D eigenvalue weighted by atomic mass is 9.89. The highest BCUT2D eigenvalue weighted by atomic mass is 35.5. The summed E-state index contributed by atoms with van der Waals surface area (Å²) in [6, 6.07) is 6.90. The van der Waals surface area contributed by atoms with Crippen LogP contribution in [0.15, 0.2) is 48.6 Å². The van der Waals surface area contributed by atoms with Crippen LogP contribution in [0.1, 0.15) is 32.1 Å². The van der Waals surface area contributed by atoms with Crippen molar-refractivity contribution in [3.8, 4) is 5.75 Å². The Hall–Kier alpha value is -1.86. The maximum absolute atomic E-state index is 10.5. The van der Waals surface area contributed by atoms with Gasteiger partial charge in [-0.15, -0.1) is 0 Å². The average Bonchev–Trinajstić information content (AvgIpc) is 2.93. The number of aliphatic hydroxyl groups is 3. The van der Waals surface area contributed by atoms with E-state index < -0.39 is 24.3 Å². The van der Waals surface area contributed by atoms with Gasteiger partial charge >= 0.3 is 5.97 Å². The lowest BCUT2D eigenvalue weighted by Crippen LogP contribution is -2.21. The smallest absolute Gasteiger partial charge is 0.303 e. The second kappa shape index (κ2) is 12.0. The monoisotopic (exact) mass is 424 g/mol. The number of benzene rings is 1. The van der Waals surface area contributed by atoms with E-state index in [9.17, 15) is 20.1 Å². The van der Waals surface area contributed by atoms with E-state index in [0.717, 1.165) is 0 Å². The van der Waals surface area contributed by atoms with Gasteiger partial charge < -0.3 is 25.2 Å². The molecule has 0 aliphatic heterocycles. The molecule has 0 aromatic heterocycles. The number of unbranched alkanes of at least 4 members (excludes halogenated alkanes) is 1. The zero-order valence-corrected chi connectivity index (χ0v) is 17.0. The molecule has 0 spiro atoms.